The lowest BCUT2D eigenvalue weighted by molar-refractivity contribution is 0.0598. The van der Waals surface area contributed by atoms with E-state index in [1.165, 1.54) is 18.3 Å². The van der Waals surface area contributed by atoms with E-state index in [9.17, 15) is 14.7 Å². The summed E-state index contributed by atoms with van der Waals surface area (Å²) in [6, 6.07) is 21.8. The summed E-state index contributed by atoms with van der Waals surface area (Å²) < 4.78 is 0. The minimum Gasteiger partial charge on any atom is -0.478 e. The molecule has 5 heteroatoms. The van der Waals surface area contributed by atoms with Crippen LogP contribution in [0, 0.1) is 0 Å². The van der Waals surface area contributed by atoms with Crippen molar-refractivity contribution in [2.45, 2.75) is 25.9 Å². The summed E-state index contributed by atoms with van der Waals surface area (Å²) in [5.41, 5.74) is 2.14. The summed E-state index contributed by atoms with van der Waals surface area (Å²) in [5, 5.41) is 9.25. The highest BCUT2D eigenvalue weighted by Gasteiger charge is 2.29. The lowest BCUT2D eigenvalue weighted by Gasteiger charge is -2.35. The van der Waals surface area contributed by atoms with Crippen molar-refractivity contribution >= 4 is 11.9 Å². The first-order valence-electron chi connectivity index (χ1n) is 9.11. The molecule has 0 spiro atoms. The van der Waals surface area contributed by atoms with Gasteiger partial charge in [0.1, 0.15) is 5.69 Å². The van der Waals surface area contributed by atoms with Crippen LogP contribution < -0.4 is 0 Å². The summed E-state index contributed by atoms with van der Waals surface area (Å²) in [6.07, 6.45) is 1.36. The Kier molecular flexibility index (Phi) is 5.84. The second-order valence-corrected chi connectivity index (χ2v) is 6.62. The molecule has 1 heterocycles. The summed E-state index contributed by atoms with van der Waals surface area (Å²) in [4.78, 5) is 30.6. The molecule has 2 unspecified atom stereocenters. The molecule has 142 valence electrons. The van der Waals surface area contributed by atoms with Crippen molar-refractivity contribution in [3.05, 3.63) is 101 Å². The van der Waals surface area contributed by atoms with Crippen LogP contribution in [0.3, 0.4) is 0 Å². The first kappa shape index (κ1) is 19.3. The number of carbonyl (C=O) groups is 2. The van der Waals surface area contributed by atoms with Crippen molar-refractivity contribution in [1.29, 1.82) is 0 Å². The third-order valence-corrected chi connectivity index (χ3v) is 4.86. The van der Waals surface area contributed by atoms with Gasteiger partial charge in [0.15, 0.2) is 0 Å². The number of carbonyl (C=O) groups excluding carboxylic acids is 1. The smallest absolute Gasteiger partial charge is 0.335 e. The van der Waals surface area contributed by atoms with Gasteiger partial charge in [0.2, 0.25) is 0 Å². The number of carboxylic acids is 1. The number of nitrogens with zero attached hydrogens (tertiary/aromatic N) is 2. The van der Waals surface area contributed by atoms with Crippen LogP contribution in [0.1, 0.15) is 57.9 Å². The minimum atomic E-state index is -1.09. The molecule has 2 aromatic carbocycles. The molecule has 28 heavy (non-hydrogen) atoms. The van der Waals surface area contributed by atoms with Crippen LogP contribution >= 0.6 is 0 Å². The molecule has 0 radical (unpaired) electrons. The third kappa shape index (κ3) is 4.09. The summed E-state index contributed by atoms with van der Waals surface area (Å²) in [7, 11) is 0. The monoisotopic (exact) mass is 374 g/mol. The quantitative estimate of drug-likeness (QED) is 0.676. The molecular weight excluding hydrogens is 352 g/mol. The number of pyridine rings is 1. The van der Waals surface area contributed by atoms with Crippen molar-refractivity contribution in [1.82, 2.24) is 9.88 Å². The normalized spacial score (nSPS) is 12.8. The zero-order valence-corrected chi connectivity index (χ0v) is 15.8. The Hall–Kier alpha value is -3.47. The SMILES string of the molecule is CC(c1ccccc1)N(C(=O)c1cc(C(=O)O)ccn1)C(C)c1ccccc1. The van der Waals surface area contributed by atoms with Crippen molar-refractivity contribution in [2.75, 3.05) is 0 Å². The average molecular weight is 374 g/mol. The molecule has 0 fully saturated rings. The molecule has 0 aliphatic carbocycles. The van der Waals surface area contributed by atoms with E-state index in [4.69, 9.17) is 0 Å². The standard InChI is InChI=1S/C23H22N2O3/c1-16(18-9-5-3-6-10-18)25(17(2)19-11-7-4-8-12-19)22(26)21-15-20(23(27)28)13-14-24-21/h3-17H,1-2H3,(H,27,28). The number of aromatic nitrogens is 1. The molecule has 0 aliphatic heterocycles. The van der Waals surface area contributed by atoms with Gasteiger partial charge in [-0.05, 0) is 37.1 Å². The van der Waals surface area contributed by atoms with E-state index in [-0.39, 0.29) is 29.2 Å². The molecule has 0 bridgehead atoms. The highest BCUT2D eigenvalue weighted by Crippen LogP contribution is 2.31. The number of rotatable bonds is 6. The first-order chi connectivity index (χ1) is 13.5. The zero-order valence-electron chi connectivity index (χ0n) is 15.8. The summed E-state index contributed by atoms with van der Waals surface area (Å²) in [6.45, 7) is 3.93. The maximum Gasteiger partial charge on any atom is 0.335 e. The number of hydrogen-bond donors (Lipinski definition) is 1. The summed E-state index contributed by atoms with van der Waals surface area (Å²) in [5.74, 6) is -1.40. The number of carboxylic acid groups (broad SMARTS) is 1. The predicted octanol–water partition coefficient (Wildman–Crippen LogP) is 4.74. The van der Waals surface area contributed by atoms with Crippen LogP contribution in [0.2, 0.25) is 0 Å². The molecule has 1 amide bonds. The minimum absolute atomic E-state index is 0.0398. The molecule has 3 rings (SSSR count). The lowest BCUT2D eigenvalue weighted by Crippen LogP contribution is -2.36. The predicted molar refractivity (Wildman–Crippen MR) is 107 cm³/mol. The molecule has 1 N–H and O–H groups in total. The van der Waals surface area contributed by atoms with Crippen LogP contribution in [0.4, 0.5) is 0 Å². The van der Waals surface area contributed by atoms with Crippen molar-refractivity contribution in [3.8, 4) is 0 Å². The molecule has 2 atom stereocenters. The Balaban J connectivity index is 2.04. The number of amides is 1. The Morgan fingerprint density at radius 1 is 0.857 bits per heavy atom. The van der Waals surface area contributed by atoms with E-state index < -0.39 is 5.97 Å². The van der Waals surface area contributed by atoms with E-state index in [1.54, 1.807) is 4.90 Å². The van der Waals surface area contributed by atoms with E-state index in [0.717, 1.165) is 11.1 Å². The van der Waals surface area contributed by atoms with E-state index in [1.807, 2.05) is 74.5 Å². The van der Waals surface area contributed by atoms with Gasteiger partial charge < -0.3 is 10.0 Å². The van der Waals surface area contributed by atoms with E-state index in [0.29, 0.717) is 0 Å². The molecule has 0 aliphatic rings. The molecular formula is C23H22N2O3. The van der Waals surface area contributed by atoms with Gasteiger partial charge in [0, 0.05) is 6.20 Å². The molecule has 0 saturated heterocycles. The fourth-order valence-electron chi connectivity index (χ4n) is 3.28. The molecule has 5 nitrogen and oxygen atoms in total. The molecule has 1 aromatic heterocycles. The number of aromatic carboxylic acids is 1. The second kappa shape index (κ2) is 8.48. The maximum absolute atomic E-state index is 13.4. The Labute approximate surface area is 164 Å². The third-order valence-electron chi connectivity index (χ3n) is 4.86. The van der Waals surface area contributed by atoms with Crippen LogP contribution in [-0.4, -0.2) is 26.9 Å². The highest BCUT2D eigenvalue weighted by atomic mass is 16.4. The number of benzene rings is 2. The largest absolute Gasteiger partial charge is 0.478 e. The highest BCUT2D eigenvalue weighted by molar-refractivity contribution is 5.96. The fraction of sp³-hybridized carbons (Fsp3) is 0.174. The average Bonchev–Trinajstić information content (AvgIpc) is 2.75. The van der Waals surface area contributed by atoms with Crippen molar-refractivity contribution in [3.63, 3.8) is 0 Å². The van der Waals surface area contributed by atoms with E-state index in [2.05, 4.69) is 4.98 Å². The van der Waals surface area contributed by atoms with Crippen LogP contribution in [0.15, 0.2) is 79.0 Å². The van der Waals surface area contributed by atoms with Gasteiger partial charge in [-0.1, -0.05) is 60.7 Å². The topological polar surface area (TPSA) is 70.5 Å². The van der Waals surface area contributed by atoms with E-state index >= 15 is 0 Å². The molecule has 0 saturated carbocycles. The van der Waals surface area contributed by atoms with Gasteiger partial charge in [0.25, 0.3) is 5.91 Å². The Bertz CT molecular complexity index is 912. The first-order valence-corrected chi connectivity index (χ1v) is 9.11. The number of hydrogen-bond acceptors (Lipinski definition) is 3. The fourth-order valence-corrected chi connectivity index (χ4v) is 3.28. The van der Waals surface area contributed by atoms with Gasteiger partial charge in [-0.25, -0.2) is 4.79 Å². The Morgan fingerprint density at radius 3 is 1.82 bits per heavy atom. The van der Waals surface area contributed by atoms with Gasteiger partial charge in [0.05, 0.1) is 17.6 Å². The molecule has 3 aromatic rings. The van der Waals surface area contributed by atoms with Crippen molar-refractivity contribution in [2.24, 2.45) is 0 Å². The Morgan fingerprint density at radius 2 is 1.36 bits per heavy atom. The van der Waals surface area contributed by atoms with Gasteiger partial charge >= 0.3 is 5.97 Å². The van der Waals surface area contributed by atoms with Crippen LogP contribution in [0.25, 0.3) is 0 Å². The van der Waals surface area contributed by atoms with Crippen LogP contribution in [-0.2, 0) is 0 Å². The summed E-state index contributed by atoms with van der Waals surface area (Å²) >= 11 is 0. The maximum atomic E-state index is 13.4. The zero-order chi connectivity index (χ0) is 20.1. The lowest BCUT2D eigenvalue weighted by atomic mass is 10.00. The van der Waals surface area contributed by atoms with Crippen molar-refractivity contribution < 1.29 is 14.7 Å². The van der Waals surface area contributed by atoms with Crippen LogP contribution in [0.5, 0.6) is 0 Å². The van der Waals surface area contributed by atoms with Gasteiger partial charge in [-0.2, -0.15) is 0 Å². The van der Waals surface area contributed by atoms with Gasteiger partial charge in [-0.15, -0.1) is 0 Å². The second-order valence-electron chi connectivity index (χ2n) is 6.62. The van der Waals surface area contributed by atoms with Gasteiger partial charge in [-0.3, -0.25) is 9.78 Å².